The van der Waals surface area contributed by atoms with Crippen molar-refractivity contribution in [2.24, 2.45) is 5.73 Å². The van der Waals surface area contributed by atoms with Crippen molar-refractivity contribution in [3.8, 4) is 0 Å². The summed E-state index contributed by atoms with van der Waals surface area (Å²) in [5, 5.41) is 17.6. The molecular formula is C11H9NO5. The molecule has 1 amide bonds. The minimum absolute atomic E-state index is 0.140. The van der Waals surface area contributed by atoms with Gasteiger partial charge in [-0.1, -0.05) is 6.07 Å². The zero-order valence-corrected chi connectivity index (χ0v) is 8.58. The summed E-state index contributed by atoms with van der Waals surface area (Å²) < 4.78 is 0. The van der Waals surface area contributed by atoms with Gasteiger partial charge in [0.1, 0.15) is 0 Å². The Labute approximate surface area is 96.0 Å². The summed E-state index contributed by atoms with van der Waals surface area (Å²) in [5.74, 6) is -3.22. The van der Waals surface area contributed by atoms with E-state index in [1.807, 2.05) is 0 Å². The van der Waals surface area contributed by atoms with E-state index in [0.717, 1.165) is 12.1 Å². The zero-order chi connectivity index (χ0) is 13.0. The van der Waals surface area contributed by atoms with Gasteiger partial charge in [-0.15, -0.1) is 0 Å². The van der Waals surface area contributed by atoms with Crippen LogP contribution < -0.4 is 5.73 Å². The Hall–Kier alpha value is -2.63. The van der Waals surface area contributed by atoms with Crippen molar-refractivity contribution >= 4 is 23.9 Å². The van der Waals surface area contributed by atoms with E-state index in [2.05, 4.69) is 0 Å². The van der Waals surface area contributed by atoms with Gasteiger partial charge in [0.05, 0.1) is 11.1 Å². The lowest BCUT2D eigenvalue weighted by molar-refractivity contribution is -0.113. The molecule has 0 atom stereocenters. The van der Waals surface area contributed by atoms with Crippen molar-refractivity contribution < 1.29 is 24.6 Å². The second-order valence-electron chi connectivity index (χ2n) is 3.15. The molecule has 0 radical (unpaired) electrons. The van der Waals surface area contributed by atoms with Crippen LogP contribution in [0.2, 0.25) is 0 Å². The maximum Gasteiger partial charge on any atom is 0.336 e. The molecule has 17 heavy (non-hydrogen) atoms. The van der Waals surface area contributed by atoms with Crippen LogP contribution in [0.5, 0.6) is 0 Å². The van der Waals surface area contributed by atoms with E-state index in [1.54, 1.807) is 0 Å². The van der Waals surface area contributed by atoms with Crippen molar-refractivity contribution in [3.63, 3.8) is 0 Å². The summed E-state index contributed by atoms with van der Waals surface area (Å²) in [5.41, 5.74) is 4.74. The van der Waals surface area contributed by atoms with Crippen molar-refractivity contribution in [3.05, 3.63) is 41.0 Å². The Kier molecular flexibility index (Phi) is 3.61. The lowest BCUT2D eigenvalue weighted by Crippen LogP contribution is -2.07. The van der Waals surface area contributed by atoms with Crippen LogP contribution in [0, 0.1) is 0 Å². The number of rotatable bonds is 4. The summed E-state index contributed by atoms with van der Waals surface area (Å²) in [7, 11) is 0. The molecule has 6 heteroatoms. The number of amides is 1. The van der Waals surface area contributed by atoms with Crippen molar-refractivity contribution in [1.29, 1.82) is 0 Å². The van der Waals surface area contributed by atoms with Crippen molar-refractivity contribution in [1.82, 2.24) is 0 Å². The average molecular weight is 235 g/mol. The molecule has 6 nitrogen and oxygen atoms in total. The van der Waals surface area contributed by atoms with E-state index < -0.39 is 17.8 Å². The zero-order valence-electron chi connectivity index (χ0n) is 8.58. The van der Waals surface area contributed by atoms with Crippen LogP contribution in [0.25, 0.3) is 6.08 Å². The fraction of sp³-hybridized carbons (Fsp3) is 0. The third-order valence-corrected chi connectivity index (χ3v) is 1.96. The summed E-state index contributed by atoms with van der Waals surface area (Å²) in [6.45, 7) is 0. The molecule has 4 N–H and O–H groups in total. The van der Waals surface area contributed by atoms with Gasteiger partial charge in [-0.3, -0.25) is 4.79 Å². The minimum Gasteiger partial charge on any atom is -0.478 e. The summed E-state index contributed by atoms with van der Waals surface area (Å²) in [4.78, 5) is 32.1. The molecule has 0 aromatic heterocycles. The normalized spacial score (nSPS) is 10.4. The largest absolute Gasteiger partial charge is 0.478 e. The average Bonchev–Trinajstić information content (AvgIpc) is 2.25. The topological polar surface area (TPSA) is 118 Å². The molecule has 0 fully saturated rings. The molecule has 0 saturated heterocycles. The molecule has 0 heterocycles. The second-order valence-corrected chi connectivity index (χ2v) is 3.15. The predicted octanol–water partition coefficient (Wildman–Crippen LogP) is 0.582. The number of nitrogens with two attached hydrogens (primary N) is 1. The number of carboxylic acid groups (broad SMARTS) is 2. The molecule has 0 spiro atoms. The number of benzene rings is 1. The van der Waals surface area contributed by atoms with Crippen LogP contribution in [-0.2, 0) is 4.79 Å². The van der Waals surface area contributed by atoms with Gasteiger partial charge < -0.3 is 15.9 Å². The monoisotopic (exact) mass is 235 g/mol. The number of carbonyl (C=O) groups is 3. The molecule has 0 aliphatic carbocycles. The minimum atomic E-state index is -1.28. The maximum absolute atomic E-state index is 10.9. The molecule has 0 bridgehead atoms. The standard InChI is InChI=1S/C11H9NO5/c12-9(13)4-3-6-1-2-7(10(14)15)5-8(6)11(16)17/h1-5H,(H2,12,13)(H,14,15)(H,16,17). The summed E-state index contributed by atoms with van der Waals surface area (Å²) in [6, 6.07) is 3.56. The number of primary amides is 1. The van der Waals surface area contributed by atoms with E-state index >= 15 is 0 Å². The number of hydrogen-bond acceptors (Lipinski definition) is 3. The molecule has 0 aliphatic rings. The van der Waals surface area contributed by atoms with E-state index in [0.29, 0.717) is 0 Å². The first-order valence-electron chi connectivity index (χ1n) is 4.50. The molecule has 88 valence electrons. The maximum atomic E-state index is 10.9. The second kappa shape index (κ2) is 4.93. The third kappa shape index (κ3) is 3.16. The fourth-order valence-electron chi connectivity index (χ4n) is 1.19. The van der Waals surface area contributed by atoms with Gasteiger partial charge in [-0.05, 0) is 23.8 Å². The highest BCUT2D eigenvalue weighted by atomic mass is 16.4. The predicted molar refractivity (Wildman–Crippen MR) is 58.6 cm³/mol. The van der Waals surface area contributed by atoms with E-state index in [1.165, 1.54) is 18.2 Å². The molecule has 0 aliphatic heterocycles. The van der Waals surface area contributed by atoms with Gasteiger partial charge in [0.2, 0.25) is 5.91 Å². The highest BCUT2D eigenvalue weighted by molar-refractivity contribution is 5.98. The van der Waals surface area contributed by atoms with Crippen LogP contribution in [0.4, 0.5) is 0 Å². The quantitative estimate of drug-likeness (QED) is 0.660. The lowest BCUT2D eigenvalue weighted by atomic mass is 10.0. The molecule has 1 rings (SSSR count). The molecule has 1 aromatic rings. The molecule has 0 unspecified atom stereocenters. The van der Waals surface area contributed by atoms with Gasteiger partial charge in [-0.2, -0.15) is 0 Å². The smallest absolute Gasteiger partial charge is 0.336 e. The Morgan fingerprint density at radius 2 is 1.76 bits per heavy atom. The Balaban J connectivity index is 3.27. The fourth-order valence-corrected chi connectivity index (χ4v) is 1.19. The molecule has 1 aromatic carbocycles. The number of hydrogen-bond donors (Lipinski definition) is 3. The van der Waals surface area contributed by atoms with Crippen molar-refractivity contribution in [2.45, 2.75) is 0 Å². The Bertz CT molecular complexity index is 519. The molecular weight excluding hydrogens is 226 g/mol. The first kappa shape index (κ1) is 12.4. The Morgan fingerprint density at radius 1 is 1.12 bits per heavy atom. The molecule has 0 saturated carbocycles. The van der Waals surface area contributed by atoms with E-state index in [-0.39, 0.29) is 16.7 Å². The summed E-state index contributed by atoms with van der Waals surface area (Å²) in [6.07, 6.45) is 2.22. The van der Waals surface area contributed by atoms with Crippen LogP contribution >= 0.6 is 0 Å². The van der Waals surface area contributed by atoms with Gasteiger partial charge in [-0.25, -0.2) is 9.59 Å². The van der Waals surface area contributed by atoms with Gasteiger partial charge in [0.25, 0.3) is 0 Å². The van der Waals surface area contributed by atoms with Gasteiger partial charge in [0.15, 0.2) is 0 Å². The highest BCUT2D eigenvalue weighted by Gasteiger charge is 2.12. The van der Waals surface area contributed by atoms with Gasteiger partial charge >= 0.3 is 11.9 Å². The van der Waals surface area contributed by atoms with Gasteiger partial charge in [0, 0.05) is 6.08 Å². The number of aromatic carboxylic acids is 2. The highest BCUT2D eigenvalue weighted by Crippen LogP contribution is 2.14. The number of carbonyl (C=O) groups excluding carboxylic acids is 1. The first-order valence-corrected chi connectivity index (χ1v) is 4.50. The van der Waals surface area contributed by atoms with Crippen molar-refractivity contribution in [2.75, 3.05) is 0 Å². The van der Waals surface area contributed by atoms with Crippen LogP contribution in [0.1, 0.15) is 26.3 Å². The SMILES string of the molecule is NC(=O)C=Cc1ccc(C(=O)O)cc1C(=O)O. The summed E-state index contributed by atoms with van der Waals surface area (Å²) >= 11 is 0. The lowest BCUT2D eigenvalue weighted by Gasteiger charge is -2.02. The Morgan fingerprint density at radius 3 is 2.24 bits per heavy atom. The van der Waals surface area contributed by atoms with E-state index in [4.69, 9.17) is 15.9 Å². The van der Waals surface area contributed by atoms with Crippen LogP contribution in [0.3, 0.4) is 0 Å². The third-order valence-electron chi connectivity index (χ3n) is 1.96. The van der Waals surface area contributed by atoms with E-state index in [9.17, 15) is 14.4 Å². The van der Waals surface area contributed by atoms with Crippen LogP contribution in [-0.4, -0.2) is 28.1 Å². The number of carboxylic acids is 2. The van der Waals surface area contributed by atoms with Crippen LogP contribution in [0.15, 0.2) is 24.3 Å². The first-order chi connectivity index (χ1) is 7.91.